The van der Waals surface area contributed by atoms with E-state index in [4.69, 9.17) is 14.2 Å². The minimum atomic E-state index is -0.666. The van der Waals surface area contributed by atoms with E-state index in [0.29, 0.717) is 36.7 Å². The predicted octanol–water partition coefficient (Wildman–Crippen LogP) is 4.21. The first-order valence-electron chi connectivity index (χ1n) is 14.6. The number of esters is 1. The Bertz CT molecular complexity index is 1770. The van der Waals surface area contributed by atoms with Crippen LogP contribution in [-0.4, -0.2) is 73.9 Å². The Balaban J connectivity index is 1.40. The van der Waals surface area contributed by atoms with Crippen LogP contribution in [0.25, 0.3) is 27.4 Å². The summed E-state index contributed by atoms with van der Waals surface area (Å²) in [7, 11) is 0. The molecular formula is C32H33FN4O6. The van der Waals surface area contributed by atoms with Gasteiger partial charge in [-0.1, -0.05) is 30.3 Å². The lowest BCUT2D eigenvalue weighted by Gasteiger charge is -2.28. The number of nitrogens with zero attached hydrogens (tertiary/aromatic N) is 2. The maximum atomic E-state index is 15.7. The number of aromatic nitrogens is 1. The molecule has 2 N–H and O–H groups in total. The van der Waals surface area contributed by atoms with Crippen LogP contribution in [-0.2, 0) is 14.3 Å². The van der Waals surface area contributed by atoms with Gasteiger partial charge in [0.25, 0.3) is 5.91 Å². The van der Waals surface area contributed by atoms with Gasteiger partial charge in [0.05, 0.1) is 37.3 Å². The number of morpholine rings is 1. The number of nitrogens with one attached hydrogen (secondary N) is 2. The van der Waals surface area contributed by atoms with Crippen LogP contribution >= 0.6 is 0 Å². The first-order chi connectivity index (χ1) is 21.0. The van der Waals surface area contributed by atoms with Crippen LogP contribution in [0.5, 0.6) is 11.5 Å². The zero-order valence-corrected chi connectivity index (χ0v) is 23.9. The van der Waals surface area contributed by atoms with E-state index in [0.717, 1.165) is 42.9 Å². The van der Waals surface area contributed by atoms with Gasteiger partial charge in [0.2, 0.25) is 5.43 Å². The van der Waals surface area contributed by atoms with Crippen molar-refractivity contribution in [1.29, 1.82) is 0 Å². The quantitative estimate of drug-likeness (QED) is 0.185. The third-order valence-electron chi connectivity index (χ3n) is 7.73. The first kappa shape index (κ1) is 28.6. The Morgan fingerprint density at radius 1 is 1.07 bits per heavy atom. The number of halogens is 1. The number of carbonyl (C=O) groups excluding carboxylic acids is 2. The zero-order chi connectivity index (χ0) is 29.9. The van der Waals surface area contributed by atoms with Crippen LogP contribution < -0.4 is 20.8 Å². The van der Waals surface area contributed by atoms with Crippen molar-refractivity contribution in [2.24, 2.45) is 0 Å². The average Bonchev–Trinajstić information content (AvgIpc) is 3.01. The molecule has 224 valence electrons. The molecule has 0 bridgehead atoms. The molecule has 11 heteroatoms. The Morgan fingerprint density at radius 2 is 1.88 bits per heavy atom. The van der Waals surface area contributed by atoms with Crippen molar-refractivity contribution >= 4 is 39.2 Å². The summed E-state index contributed by atoms with van der Waals surface area (Å²) in [5.41, 5.74) is 0.364. The Morgan fingerprint density at radius 3 is 2.70 bits per heavy atom. The fourth-order valence-corrected chi connectivity index (χ4v) is 5.65. The van der Waals surface area contributed by atoms with Gasteiger partial charge in [0.1, 0.15) is 16.8 Å². The SMILES string of the molecule is CCOC(=O)CCNC(=O)c1cn2c3c(c(NCCCN4CCOCC4)c(F)cc3c1=O)Oc1ccc3ccccc3c1-2. The van der Waals surface area contributed by atoms with Crippen LogP contribution in [0, 0.1) is 5.82 Å². The molecule has 0 unspecified atom stereocenters. The highest BCUT2D eigenvalue weighted by Crippen LogP contribution is 2.47. The summed E-state index contributed by atoms with van der Waals surface area (Å²) in [6.45, 7) is 6.41. The molecular weight excluding hydrogens is 555 g/mol. The molecule has 0 atom stereocenters. The summed E-state index contributed by atoms with van der Waals surface area (Å²) >= 11 is 0. The summed E-state index contributed by atoms with van der Waals surface area (Å²) in [5, 5.41) is 7.62. The molecule has 3 aromatic carbocycles. The second kappa shape index (κ2) is 12.4. The van der Waals surface area contributed by atoms with Crippen molar-refractivity contribution in [3.05, 3.63) is 70.3 Å². The fourth-order valence-electron chi connectivity index (χ4n) is 5.65. The van der Waals surface area contributed by atoms with Crippen LogP contribution in [0.4, 0.5) is 10.1 Å². The van der Waals surface area contributed by atoms with Crippen LogP contribution in [0.15, 0.2) is 53.5 Å². The molecule has 1 fully saturated rings. The molecule has 1 saturated heterocycles. The molecule has 0 radical (unpaired) electrons. The molecule has 2 aliphatic rings. The second-order valence-electron chi connectivity index (χ2n) is 10.5. The van der Waals surface area contributed by atoms with Gasteiger partial charge in [-0.3, -0.25) is 19.3 Å². The third-order valence-corrected chi connectivity index (χ3v) is 7.73. The predicted molar refractivity (Wildman–Crippen MR) is 161 cm³/mol. The normalized spacial score (nSPS) is 14.3. The lowest BCUT2D eigenvalue weighted by Crippen LogP contribution is -2.37. The summed E-state index contributed by atoms with van der Waals surface area (Å²) < 4.78 is 34.2. The van der Waals surface area contributed by atoms with E-state index in [1.807, 2.05) is 30.3 Å². The minimum absolute atomic E-state index is 0.00923. The highest BCUT2D eigenvalue weighted by molar-refractivity contribution is 6.04. The molecule has 4 aromatic rings. The Hall–Kier alpha value is -4.48. The van der Waals surface area contributed by atoms with Crippen molar-refractivity contribution in [3.8, 4) is 17.2 Å². The minimum Gasteiger partial charge on any atom is -0.466 e. The van der Waals surface area contributed by atoms with E-state index in [1.54, 1.807) is 17.6 Å². The number of carbonyl (C=O) groups is 2. The number of amides is 1. The van der Waals surface area contributed by atoms with Crippen LogP contribution in [0.1, 0.15) is 30.1 Å². The van der Waals surface area contributed by atoms with Gasteiger partial charge in [-0.05, 0) is 37.4 Å². The summed E-state index contributed by atoms with van der Waals surface area (Å²) in [4.78, 5) is 40.9. The van der Waals surface area contributed by atoms with Crippen LogP contribution in [0.2, 0.25) is 0 Å². The largest absolute Gasteiger partial charge is 0.466 e. The zero-order valence-electron chi connectivity index (χ0n) is 23.9. The van der Waals surface area contributed by atoms with Gasteiger partial charge in [0, 0.05) is 37.8 Å². The van der Waals surface area contributed by atoms with Gasteiger partial charge in [0.15, 0.2) is 17.3 Å². The standard InChI is InChI=1S/C32H33FN4O6/c1-2-42-26(38)10-12-35-32(40)23-19-37-28-21-7-4-3-6-20(21)8-9-25(28)43-31-27(24(33)18-22(29(31)37)30(23)39)34-11-5-13-36-14-16-41-17-15-36/h3-4,6-9,18-19,34H,2,5,10-17H2,1H3,(H,35,40). The monoisotopic (exact) mass is 588 g/mol. The van der Waals surface area contributed by atoms with Crippen molar-refractivity contribution in [1.82, 2.24) is 14.8 Å². The molecule has 0 saturated carbocycles. The summed E-state index contributed by atoms with van der Waals surface area (Å²) in [6, 6.07) is 12.6. The molecule has 2 aliphatic heterocycles. The van der Waals surface area contributed by atoms with Gasteiger partial charge in [-0.15, -0.1) is 0 Å². The van der Waals surface area contributed by atoms with Crippen molar-refractivity contribution in [3.63, 3.8) is 0 Å². The number of hydrogen-bond donors (Lipinski definition) is 2. The smallest absolute Gasteiger partial charge is 0.307 e. The highest BCUT2D eigenvalue weighted by Gasteiger charge is 2.29. The van der Waals surface area contributed by atoms with E-state index >= 15 is 4.39 Å². The molecule has 1 aromatic heterocycles. The number of anilines is 1. The van der Waals surface area contributed by atoms with Gasteiger partial charge < -0.3 is 29.4 Å². The lowest BCUT2D eigenvalue weighted by atomic mass is 10.0. The Kier molecular flexibility index (Phi) is 8.26. The van der Waals surface area contributed by atoms with Gasteiger partial charge >= 0.3 is 5.97 Å². The highest BCUT2D eigenvalue weighted by atomic mass is 19.1. The van der Waals surface area contributed by atoms with E-state index in [1.165, 1.54) is 6.20 Å². The number of rotatable bonds is 10. The van der Waals surface area contributed by atoms with Crippen molar-refractivity contribution < 1.29 is 28.2 Å². The molecule has 6 rings (SSSR count). The van der Waals surface area contributed by atoms with Gasteiger partial charge in [-0.2, -0.15) is 0 Å². The van der Waals surface area contributed by atoms with E-state index in [2.05, 4.69) is 15.5 Å². The first-order valence-corrected chi connectivity index (χ1v) is 14.6. The fraction of sp³-hybridized carbons (Fsp3) is 0.344. The third kappa shape index (κ3) is 5.65. The molecule has 1 amide bonds. The molecule has 0 spiro atoms. The summed E-state index contributed by atoms with van der Waals surface area (Å²) in [6.07, 6.45) is 2.21. The molecule has 10 nitrogen and oxygen atoms in total. The van der Waals surface area contributed by atoms with Crippen LogP contribution in [0.3, 0.4) is 0 Å². The number of hydrogen-bond acceptors (Lipinski definition) is 8. The van der Waals surface area contributed by atoms with Crippen molar-refractivity contribution in [2.75, 3.05) is 57.9 Å². The molecule has 0 aliphatic carbocycles. The lowest BCUT2D eigenvalue weighted by molar-refractivity contribution is -0.142. The van der Waals surface area contributed by atoms with Gasteiger partial charge in [-0.25, -0.2) is 4.39 Å². The topological polar surface area (TPSA) is 111 Å². The Labute approximate surface area is 247 Å². The number of benzene rings is 3. The van der Waals surface area contributed by atoms with E-state index in [9.17, 15) is 14.4 Å². The second-order valence-corrected chi connectivity index (χ2v) is 10.5. The average molecular weight is 589 g/mol. The summed E-state index contributed by atoms with van der Waals surface area (Å²) in [5.74, 6) is -1.12. The van der Waals surface area contributed by atoms with E-state index < -0.39 is 23.1 Å². The number of fused-ring (bicyclic) bond motifs is 4. The molecule has 43 heavy (non-hydrogen) atoms. The number of pyridine rings is 1. The van der Waals surface area contributed by atoms with Crippen molar-refractivity contribution in [2.45, 2.75) is 19.8 Å². The number of ether oxygens (including phenoxy) is 3. The maximum Gasteiger partial charge on any atom is 0.307 e. The van der Waals surface area contributed by atoms with E-state index in [-0.39, 0.29) is 42.0 Å². The molecule has 3 heterocycles. The maximum absolute atomic E-state index is 15.7.